The summed E-state index contributed by atoms with van der Waals surface area (Å²) in [6.45, 7) is 1.87. The number of anilines is 2. The van der Waals surface area contributed by atoms with Gasteiger partial charge in [0, 0.05) is 18.4 Å². The molecule has 0 saturated carbocycles. The van der Waals surface area contributed by atoms with E-state index in [0.29, 0.717) is 17.1 Å². The largest absolute Gasteiger partial charge is 0.397 e. The van der Waals surface area contributed by atoms with E-state index in [9.17, 15) is 9.18 Å². The van der Waals surface area contributed by atoms with Crippen molar-refractivity contribution in [2.24, 2.45) is 7.05 Å². The first-order valence-corrected chi connectivity index (χ1v) is 5.47. The van der Waals surface area contributed by atoms with Gasteiger partial charge in [-0.25, -0.2) is 4.39 Å². The highest BCUT2D eigenvalue weighted by atomic mass is 19.1. The zero-order valence-corrected chi connectivity index (χ0v) is 10.2. The Labute approximate surface area is 104 Å². The number of nitrogens with zero attached hydrogens (tertiary/aromatic N) is 1. The van der Waals surface area contributed by atoms with Gasteiger partial charge in [0.2, 0.25) is 0 Å². The maximum Gasteiger partial charge on any atom is 0.274 e. The van der Waals surface area contributed by atoms with Crippen molar-refractivity contribution in [3.05, 3.63) is 47.5 Å². The van der Waals surface area contributed by atoms with Crippen LogP contribution in [0.25, 0.3) is 0 Å². The second-order valence-electron chi connectivity index (χ2n) is 4.11. The fraction of sp³-hybridized carbons (Fsp3) is 0.154. The summed E-state index contributed by atoms with van der Waals surface area (Å²) < 4.78 is 14.5. The number of benzene rings is 1. The van der Waals surface area contributed by atoms with Crippen LogP contribution in [0.2, 0.25) is 0 Å². The number of rotatable bonds is 2. The van der Waals surface area contributed by atoms with Gasteiger partial charge < -0.3 is 15.6 Å². The second kappa shape index (κ2) is 4.52. The van der Waals surface area contributed by atoms with Crippen molar-refractivity contribution in [1.29, 1.82) is 0 Å². The Hall–Kier alpha value is -2.30. The predicted octanol–water partition coefficient (Wildman–Crippen LogP) is 2.31. The molecule has 18 heavy (non-hydrogen) atoms. The van der Waals surface area contributed by atoms with Gasteiger partial charge in [-0.2, -0.15) is 0 Å². The molecule has 94 valence electrons. The van der Waals surface area contributed by atoms with E-state index in [2.05, 4.69) is 5.32 Å². The van der Waals surface area contributed by atoms with E-state index < -0.39 is 0 Å². The first kappa shape index (κ1) is 12.2. The molecule has 0 aliphatic rings. The molecule has 5 heteroatoms. The molecule has 1 amide bonds. The van der Waals surface area contributed by atoms with E-state index >= 15 is 0 Å². The summed E-state index contributed by atoms with van der Waals surface area (Å²) in [5, 5.41) is 2.67. The molecule has 0 fully saturated rings. The van der Waals surface area contributed by atoms with E-state index in [1.807, 2.05) is 6.92 Å². The number of hydrogen-bond donors (Lipinski definition) is 2. The highest BCUT2D eigenvalue weighted by Crippen LogP contribution is 2.18. The van der Waals surface area contributed by atoms with Crippen LogP contribution in [-0.2, 0) is 7.05 Å². The molecular weight excluding hydrogens is 233 g/mol. The zero-order valence-electron chi connectivity index (χ0n) is 10.2. The molecule has 3 N–H and O–H groups in total. The highest BCUT2D eigenvalue weighted by molar-refractivity contribution is 6.06. The maximum atomic E-state index is 12.7. The molecule has 0 aliphatic carbocycles. The van der Waals surface area contributed by atoms with Crippen LogP contribution in [0.15, 0.2) is 30.3 Å². The number of carbonyl (C=O) groups is 1. The van der Waals surface area contributed by atoms with E-state index in [-0.39, 0.29) is 11.7 Å². The number of aryl methyl sites for hydroxylation is 1. The summed E-state index contributed by atoms with van der Waals surface area (Å²) in [5.41, 5.74) is 8.03. The van der Waals surface area contributed by atoms with Gasteiger partial charge in [-0.05, 0) is 37.3 Å². The number of aromatic nitrogens is 1. The van der Waals surface area contributed by atoms with Crippen LogP contribution in [0.3, 0.4) is 0 Å². The molecule has 2 rings (SSSR count). The second-order valence-corrected chi connectivity index (χ2v) is 4.11. The lowest BCUT2D eigenvalue weighted by Gasteiger charge is -2.08. The van der Waals surface area contributed by atoms with Crippen LogP contribution in [0.4, 0.5) is 15.8 Å². The molecule has 0 aliphatic heterocycles. The lowest BCUT2D eigenvalue weighted by atomic mass is 10.3. The summed E-state index contributed by atoms with van der Waals surface area (Å²) in [6.07, 6.45) is 0. The van der Waals surface area contributed by atoms with Gasteiger partial charge in [0.15, 0.2) is 0 Å². The van der Waals surface area contributed by atoms with E-state index in [0.717, 1.165) is 5.69 Å². The van der Waals surface area contributed by atoms with Gasteiger partial charge in [-0.3, -0.25) is 4.79 Å². The average Bonchev–Trinajstić information content (AvgIpc) is 2.56. The number of amides is 1. The Morgan fingerprint density at radius 2 is 1.94 bits per heavy atom. The average molecular weight is 247 g/mol. The Morgan fingerprint density at radius 1 is 1.33 bits per heavy atom. The number of nitrogen functional groups attached to an aromatic ring is 1. The SMILES string of the molecule is Cc1cc(N)c(C(=O)Nc2ccc(F)cc2)n1C. The van der Waals surface area contributed by atoms with Crippen LogP contribution in [-0.4, -0.2) is 10.5 Å². The molecule has 1 heterocycles. The minimum Gasteiger partial charge on any atom is -0.397 e. The molecular formula is C13H14FN3O. The molecule has 0 spiro atoms. The molecule has 0 radical (unpaired) electrons. The van der Waals surface area contributed by atoms with Gasteiger partial charge in [0.25, 0.3) is 5.91 Å². The Kier molecular flexibility index (Phi) is 3.06. The van der Waals surface area contributed by atoms with Crippen molar-refractivity contribution in [2.75, 3.05) is 11.1 Å². The number of nitrogens with one attached hydrogen (secondary N) is 1. The van der Waals surface area contributed by atoms with Crippen molar-refractivity contribution < 1.29 is 9.18 Å². The molecule has 0 unspecified atom stereocenters. The Morgan fingerprint density at radius 3 is 2.44 bits per heavy atom. The zero-order chi connectivity index (χ0) is 13.3. The number of carbonyl (C=O) groups excluding carboxylic acids is 1. The monoisotopic (exact) mass is 247 g/mol. The standard InChI is InChI=1S/C13H14FN3O/c1-8-7-11(15)12(17(8)2)13(18)16-10-5-3-9(14)4-6-10/h3-7H,15H2,1-2H3,(H,16,18). The summed E-state index contributed by atoms with van der Waals surface area (Å²) in [7, 11) is 1.77. The third-order valence-corrected chi connectivity index (χ3v) is 2.82. The summed E-state index contributed by atoms with van der Waals surface area (Å²) >= 11 is 0. The molecule has 1 aromatic carbocycles. The van der Waals surface area contributed by atoms with E-state index in [1.54, 1.807) is 17.7 Å². The van der Waals surface area contributed by atoms with Gasteiger partial charge in [0.1, 0.15) is 11.5 Å². The summed E-state index contributed by atoms with van der Waals surface area (Å²) in [6, 6.07) is 7.31. The molecule has 4 nitrogen and oxygen atoms in total. The third kappa shape index (κ3) is 2.20. The minimum atomic E-state index is -0.345. The van der Waals surface area contributed by atoms with Crippen molar-refractivity contribution in [3.8, 4) is 0 Å². The van der Waals surface area contributed by atoms with E-state index in [1.165, 1.54) is 24.3 Å². The van der Waals surface area contributed by atoms with Gasteiger partial charge in [-0.15, -0.1) is 0 Å². The van der Waals surface area contributed by atoms with Crippen LogP contribution in [0.1, 0.15) is 16.2 Å². The van der Waals surface area contributed by atoms with E-state index in [4.69, 9.17) is 5.73 Å². The Balaban J connectivity index is 2.24. The summed E-state index contributed by atoms with van der Waals surface area (Å²) in [4.78, 5) is 12.0. The van der Waals surface area contributed by atoms with Crippen LogP contribution in [0.5, 0.6) is 0 Å². The Bertz CT molecular complexity index is 587. The quantitative estimate of drug-likeness (QED) is 0.855. The molecule has 1 aromatic heterocycles. The van der Waals surface area contributed by atoms with Crippen molar-refractivity contribution >= 4 is 17.3 Å². The fourth-order valence-corrected chi connectivity index (χ4v) is 1.77. The minimum absolute atomic E-state index is 0.310. The molecule has 0 atom stereocenters. The normalized spacial score (nSPS) is 10.4. The van der Waals surface area contributed by atoms with Gasteiger partial charge in [-0.1, -0.05) is 0 Å². The highest BCUT2D eigenvalue weighted by Gasteiger charge is 2.15. The smallest absolute Gasteiger partial charge is 0.274 e. The first-order chi connectivity index (χ1) is 8.49. The lowest BCUT2D eigenvalue weighted by Crippen LogP contribution is -2.17. The van der Waals surface area contributed by atoms with Gasteiger partial charge in [0.05, 0.1) is 5.69 Å². The van der Waals surface area contributed by atoms with Crippen molar-refractivity contribution in [1.82, 2.24) is 4.57 Å². The topological polar surface area (TPSA) is 60.1 Å². The van der Waals surface area contributed by atoms with Crippen molar-refractivity contribution in [2.45, 2.75) is 6.92 Å². The first-order valence-electron chi connectivity index (χ1n) is 5.47. The van der Waals surface area contributed by atoms with Gasteiger partial charge >= 0.3 is 0 Å². The molecule has 0 saturated heterocycles. The predicted molar refractivity (Wildman–Crippen MR) is 68.9 cm³/mol. The third-order valence-electron chi connectivity index (χ3n) is 2.82. The number of halogens is 1. The van der Waals surface area contributed by atoms with Crippen molar-refractivity contribution in [3.63, 3.8) is 0 Å². The van der Waals surface area contributed by atoms with Crippen LogP contribution >= 0.6 is 0 Å². The number of nitrogens with two attached hydrogens (primary N) is 1. The summed E-state index contributed by atoms with van der Waals surface area (Å²) in [5.74, 6) is -0.656. The van der Waals surface area contributed by atoms with Crippen LogP contribution < -0.4 is 11.1 Å². The lowest BCUT2D eigenvalue weighted by molar-refractivity contribution is 0.102. The molecule has 2 aromatic rings. The fourth-order valence-electron chi connectivity index (χ4n) is 1.77. The molecule has 0 bridgehead atoms. The maximum absolute atomic E-state index is 12.7. The van der Waals surface area contributed by atoms with Crippen LogP contribution in [0, 0.1) is 12.7 Å². The number of hydrogen-bond acceptors (Lipinski definition) is 2.